The smallest absolute Gasteiger partial charge is 0.260 e. The van der Waals surface area contributed by atoms with E-state index in [1.807, 2.05) is 37.3 Å². The molecule has 0 aliphatic carbocycles. The molecule has 0 bridgehead atoms. The Kier molecular flexibility index (Phi) is 5.82. The van der Waals surface area contributed by atoms with Crippen molar-refractivity contribution in [3.8, 4) is 5.75 Å². The molecule has 6 nitrogen and oxygen atoms in total. The highest BCUT2D eigenvalue weighted by Gasteiger charge is 2.26. The fraction of sp³-hybridized carbons (Fsp3) is 0.350. The summed E-state index contributed by atoms with van der Waals surface area (Å²) in [7, 11) is -2.11. The van der Waals surface area contributed by atoms with E-state index in [1.165, 1.54) is 7.05 Å². The molecule has 0 spiro atoms. The predicted octanol–water partition coefficient (Wildman–Crippen LogP) is 2.12. The number of para-hydroxylation sites is 1. The maximum atomic E-state index is 12.6. The van der Waals surface area contributed by atoms with Crippen molar-refractivity contribution in [1.29, 1.82) is 0 Å². The first-order valence-electron chi connectivity index (χ1n) is 8.99. The SMILES string of the molecule is CCc1ccccc1OCC(=O)N1CCc2c(cccc2S(=O)(=O)NC)C1. The largest absolute Gasteiger partial charge is 0.483 e. The quantitative estimate of drug-likeness (QED) is 0.823. The summed E-state index contributed by atoms with van der Waals surface area (Å²) in [5.74, 6) is 0.626. The highest BCUT2D eigenvalue weighted by molar-refractivity contribution is 7.89. The maximum Gasteiger partial charge on any atom is 0.260 e. The van der Waals surface area contributed by atoms with Crippen molar-refractivity contribution in [2.75, 3.05) is 20.2 Å². The molecule has 0 atom stereocenters. The highest BCUT2D eigenvalue weighted by atomic mass is 32.2. The van der Waals surface area contributed by atoms with E-state index in [4.69, 9.17) is 4.74 Å². The summed E-state index contributed by atoms with van der Waals surface area (Å²) in [6, 6.07) is 12.9. The molecular formula is C20H24N2O4S. The molecule has 0 saturated heterocycles. The van der Waals surface area contributed by atoms with E-state index in [0.29, 0.717) is 24.4 Å². The summed E-state index contributed by atoms with van der Waals surface area (Å²) in [6.07, 6.45) is 1.34. The van der Waals surface area contributed by atoms with E-state index in [0.717, 1.165) is 28.9 Å². The molecule has 0 aromatic heterocycles. The Hall–Kier alpha value is -2.38. The van der Waals surface area contributed by atoms with Crippen LogP contribution in [0.1, 0.15) is 23.6 Å². The van der Waals surface area contributed by atoms with Gasteiger partial charge in [0.15, 0.2) is 6.61 Å². The first-order valence-corrected chi connectivity index (χ1v) is 10.5. The van der Waals surface area contributed by atoms with Crippen LogP contribution in [0.15, 0.2) is 47.4 Å². The third kappa shape index (κ3) is 4.14. The minimum atomic E-state index is -3.51. The lowest BCUT2D eigenvalue weighted by molar-refractivity contribution is -0.134. The summed E-state index contributed by atoms with van der Waals surface area (Å²) in [5, 5.41) is 0. The Labute approximate surface area is 160 Å². The van der Waals surface area contributed by atoms with E-state index in [9.17, 15) is 13.2 Å². The third-order valence-electron chi connectivity index (χ3n) is 4.84. The maximum absolute atomic E-state index is 12.6. The van der Waals surface area contributed by atoms with Crippen LogP contribution in [0.4, 0.5) is 0 Å². The number of hydrogen-bond donors (Lipinski definition) is 1. The van der Waals surface area contributed by atoms with Gasteiger partial charge in [-0.15, -0.1) is 0 Å². The van der Waals surface area contributed by atoms with E-state index < -0.39 is 10.0 Å². The van der Waals surface area contributed by atoms with E-state index in [1.54, 1.807) is 17.0 Å². The number of ether oxygens (including phenoxy) is 1. The van der Waals surface area contributed by atoms with Gasteiger partial charge in [-0.25, -0.2) is 13.1 Å². The van der Waals surface area contributed by atoms with Gasteiger partial charge in [0.1, 0.15) is 5.75 Å². The standard InChI is InChI=1S/C20H24N2O4S/c1-3-15-7-4-5-9-18(15)26-14-20(23)22-12-11-17-16(13-22)8-6-10-19(17)27(24,25)21-2/h4-10,21H,3,11-14H2,1-2H3. The summed E-state index contributed by atoms with van der Waals surface area (Å²) < 4.78 is 32.5. The monoisotopic (exact) mass is 388 g/mol. The van der Waals surface area contributed by atoms with Crippen LogP contribution < -0.4 is 9.46 Å². The van der Waals surface area contributed by atoms with Crippen LogP contribution >= 0.6 is 0 Å². The zero-order valence-corrected chi connectivity index (χ0v) is 16.4. The number of fused-ring (bicyclic) bond motifs is 1. The van der Waals surface area contributed by atoms with E-state index in [2.05, 4.69) is 4.72 Å². The number of carbonyl (C=O) groups excluding carboxylic acids is 1. The van der Waals surface area contributed by atoms with Gasteiger partial charge in [0.2, 0.25) is 10.0 Å². The first kappa shape index (κ1) is 19.4. The van der Waals surface area contributed by atoms with Gasteiger partial charge in [-0.2, -0.15) is 0 Å². The lowest BCUT2D eigenvalue weighted by Gasteiger charge is -2.30. The topological polar surface area (TPSA) is 75.7 Å². The summed E-state index contributed by atoms with van der Waals surface area (Å²) in [4.78, 5) is 14.6. The number of carbonyl (C=O) groups is 1. The minimum Gasteiger partial charge on any atom is -0.483 e. The second-order valence-electron chi connectivity index (χ2n) is 6.42. The molecule has 0 saturated carbocycles. The minimum absolute atomic E-state index is 0.0269. The van der Waals surface area contributed by atoms with Crippen molar-refractivity contribution < 1.29 is 17.9 Å². The van der Waals surface area contributed by atoms with Crippen LogP contribution in [-0.2, 0) is 34.2 Å². The molecule has 1 amide bonds. The average Bonchev–Trinajstić information content (AvgIpc) is 2.71. The lowest BCUT2D eigenvalue weighted by atomic mass is 10.00. The third-order valence-corrected chi connectivity index (χ3v) is 6.34. The van der Waals surface area contributed by atoms with Gasteiger partial charge in [0, 0.05) is 13.1 Å². The van der Waals surface area contributed by atoms with Crippen LogP contribution in [0.3, 0.4) is 0 Å². The van der Waals surface area contributed by atoms with Gasteiger partial charge in [0.05, 0.1) is 4.90 Å². The lowest BCUT2D eigenvalue weighted by Crippen LogP contribution is -2.39. The number of hydrogen-bond acceptors (Lipinski definition) is 4. The summed E-state index contributed by atoms with van der Waals surface area (Å²) >= 11 is 0. The second-order valence-corrected chi connectivity index (χ2v) is 8.27. The predicted molar refractivity (Wildman–Crippen MR) is 103 cm³/mol. The van der Waals surface area contributed by atoms with Gasteiger partial charge in [0.25, 0.3) is 5.91 Å². The molecule has 0 radical (unpaired) electrons. The molecule has 1 aliphatic rings. The van der Waals surface area contributed by atoms with Gasteiger partial charge in [-0.3, -0.25) is 4.79 Å². The highest BCUT2D eigenvalue weighted by Crippen LogP contribution is 2.26. The van der Waals surface area contributed by atoms with Crippen molar-refractivity contribution in [2.45, 2.75) is 31.2 Å². The molecule has 3 rings (SSSR count). The fourth-order valence-electron chi connectivity index (χ4n) is 3.32. The Morgan fingerprint density at radius 2 is 1.96 bits per heavy atom. The molecule has 2 aromatic carbocycles. The van der Waals surface area contributed by atoms with Gasteiger partial charge in [-0.05, 0) is 48.7 Å². The van der Waals surface area contributed by atoms with Crippen LogP contribution in [0, 0.1) is 0 Å². The normalized spacial score (nSPS) is 13.9. The molecule has 2 aromatic rings. The van der Waals surface area contributed by atoms with Crippen molar-refractivity contribution in [3.05, 3.63) is 59.2 Å². The van der Waals surface area contributed by atoms with Crippen molar-refractivity contribution >= 4 is 15.9 Å². The molecule has 144 valence electrons. The van der Waals surface area contributed by atoms with Crippen molar-refractivity contribution in [2.24, 2.45) is 0 Å². The van der Waals surface area contributed by atoms with E-state index >= 15 is 0 Å². The fourth-order valence-corrected chi connectivity index (χ4v) is 4.35. The number of rotatable bonds is 6. The molecule has 0 fully saturated rings. The van der Waals surface area contributed by atoms with Gasteiger partial charge < -0.3 is 9.64 Å². The molecule has 1 N–H and O–H groups in total. The average molecular weight is 388 g/mol. The first-order chi connectivity index (χ1) is 13.0. The van der Waals surface area contributed by atoms with Crippen molar-refractivity contribution in [1.82, 2.24) is 9.62 Å². The van der Waals surface area contributed by atoms with Crippen LogP contribution in [-0.4, -0.2) is 39.4 Å². The number of nitrogens with one attached hydrogen (secondary N) is 1. The van der Waals surface area contributed by atoms with E-state index in [-0.39, 0.29) is 12.5 Å². The Morgan fingerprint density at radius 1 is 1.19 bits per heavy atom. The van der Waals surface area contributed by atoms with Gasteiger partial charge >= 0.3 is 0 Å². The number of aryl methyl sites for hydroxylation is 1. The summed E-state index contributed by atoms with van der Waals surface area (Å²) in [5.41, 5.74) is 2.71. The zero-order chi connectivity index (χ0) is 19.4. The molecule has 27 heavy (non-hydrogen) atoms. The molecule has 7 heteroatoms. The number of sulfonamides is 1. The van der Waals surface area contributed by atoms with Gasteiger partial charge in [-0.1, -0.05) is 37.3 Å². The van der Waals surface area contributed by atoms with Crippen LogP contribution in [0.5, 0.6) is 5.75 Å². The zero-order valence-electron chi connectivity index (χ0n) is 15.6. The number of benzene rings is 2. The number of nitrogens with zero attached hydrogens (tertiary/aromatic N) is 1. The summed E-state index contributed by atoms with van der Waals surface area (Å²) in [6.45, 7) is 2.88. The number of amides is 1. The molecule has 0 unspecified atom stereocenters. The Balaban J connectivity index is 1.71. The Morgan fingerprint density at radius 3 is 2.70 bits per heavy atom. The molecule has 1 aliphatic heterocycles. The molecule has 1 heterocycles. The van der Waals surface area contributed by atoms with Crippen LogP contribution in [0.2, 0.25) is 0 Å². The Bertz CT molecular complexity index is 941. The second kappa shape index (κ2) is 8.10. The van der Waals surface area contributed by atoms with Crippen molar-refractivity contribution in [3.63, 3.8) is 0 Å². The molecular weight excluding hydrogens is 364 g/mol. The van der Waals surface area contributed by atoms with Crippen LogP contribution in [0.25, 0.3) is 0 Å².